The van der Waals surface area contributed by atoms with Crippen molar-refractivity contribution in [3.05, 3.63) is 66.5 Å². The summed E-state index contributed by atoms with van der Waals surface area (Å²) in [5.41, 5.74) is 4.64. The van der Waals surface area contributed by atoms with E-state index in [2.05, 4.69) is 19.6 Å². The van der Waals surface area contributed by atoms with E-state index in [-0.39, 0.29) is 4.90 Å². The smallest absolute Gasteiger partial charge is 0.261 e. The van der Waals surface area contributed by atoms with Gasteiger partial charge in [-0.2, -0.15) is 0 Å². The molecular formula is C25H26N4O4S. The second kappa shape index (κ2) is 9.00. The Labute approximate surface area is 198 Å². The van der Waals surface area contributed by atoms with Gasteiger partial charge in [0.25, 0.3) is 10.0 Å². The predicted molar refractivity (Wildman–Crippen MR) is 133 cm³/mol. The van der Waals surface area contributed by atoms with Gasteiger partial charge in [-0.05, 0) is 42.8 Å². The van der Waals surface area contributed by atoms with Gasteiger partial charge in [0.2, 0.25) is 0 Å². The second-order valence-electron chi connectivity index (χ2n) is 8.18. The number of rotatable bonds is 6. The van der Waals surface area contributed by atoms with Crippen LogP contribution >= 0.6 is 0 Å². The maximum Gasteiger partial charge on any atom is 0.261 e. The molecule has 0 atom stereocenters. The maximum atomic E-state index is 13.2. The fraction of sp³-hybridized carbons (Fsp3) is 0.240. The number of fused-ring (bicyclic) bond motifs is 1. The van der Waals surface area contributed by atoms with Crippen molar-refractivity contribution in [3.63, 3.8) is 0 Å². The molecule has 0 saturated carbocycles. The van der Waals surface area contributed by atoms with E-state index in [0.717, 1.165) is 40.9 Å². The first kappa shape index (κ1) is 22.2. The van der Waals surface area contributed by atoms with Gasteiger partial charge in [0.05, 0.1) is 36.6 Å². The Morgan fingerprint density at radius 3 is 2.68 bits per heavy atom. The second-order valence-corrected chi connectivity index (χ2v) is 9.86. The summed E-state index contributed by atoms with van der Waals surface area (Å²) in [5.74, 6) is 0.569. The van der Waals surface area contributed by atoms with E-state index in [9.17, 15) is 8.42 Å². The van der Waals surface area contributed by atoms with Crippen LogP contribution < -0.4 is 14.4 Å². The Bertz CT molecular complexity index is 1440. The maximum absolute atomic E-state index is 13.2. The minimum absolute atomic E-state index is 0.147. The lowest BCUT2D eigenvalue weighted by Crippen LogP contribution is -2.36. The first-order chi connectivity index (χ1) is 16.5. The molecule has 2 aromatic carbocycles. The van der Waals surface area contributed by atoms with Crippen LogP contribution in [-0.4, -0.2) is 51.8 Å². The number of nitrogens with one attached hydrogen (secondary N) is 2. The van der Waals surface area contributed by atoms with Gasteiger partial charge in [-0.1, -0.05) is 18.2 Å². The summed E-state index contributed by atoms with van der Waals surface area (Å²) in [4.78, 5) is 10.2. The van der Waals surface area contributed by atoms with Gasteiger partial charge in [-0.15, -0.1) is 0 Å². The fourth-order valence-electron chi connectivity index (χ4n) is 4.17. The van der Waals surface area contributed by atoms with Crippen LogP contribution in [0.5, 0.6) is 5.75 Å². The van der Waals surface area contributed by atoms with Crippen molar-refractivity contribution in [1.29, 1.82) is 0 Å². The Hall–Kier alpha value is -3.56. The number of aromatic nitrogens is 2. The van der Waals surface area contributed by atoms with Gasteiger partial charge in [-0.3, -0.25) is 4.72 Å². The number of nitrogens with zero attached hydrogens (tertiary/aromatic N) is 2. The zero-order valence-corrected chi connectivity index (χ0v) is 19.9. The standard InChI is InChI=1S/C25H26N4O4S/c1-17-5-3-4-6-22(17)28-34(30,31)19-7-8-24(32-2)20(14-19)18-13-21-23(16-27-25(21)26-15-18)29-9-11-33-12-10-29/h3-8,13-16,28H,9-12H2,1-2H3,(H,26,27). The third kappa shape index (κ3) is 4.20. The summed E-state index contributed by atoms with van der Waals surface area (Å²) in [6, 6.07) is 14.1. The molecule has 1 aliphatic heterocycles. The Morgan fingerprint density at radius 2 is 1.91 bits per heavy atom. The van der Waals surface area contributed by atoms with Crippen molar-refractivity contribution >= 4 is 32.4 Å². The van der Waals surface area contributed by atoms with Gasteiger partial charge in [0, 0.05) is 42.0 Å². The van der Waals surface area contributed by atoms with Crippen molar-refractivity contribution in [2.75, 3.05) is 43.0 Å². The average Bonchev–Trinajstić information content (AvgIpc) is 3.29. The van der Waals surface area contributed by atoms with Gasteiger partial charge in [-0.25, -0.2) is 13.4 Å². The van der Waals surface area contributed by atoms with Crippen LogP contribution in [0.15, 0.2) is 65.8 Å². The summed E-state index contributed by atoms with van der Waals surface area (Å²) in [6.07, 6.45) is 3.68. The van der Waals surface area contributed by atoms with Gasteiger partial charge in [0.1, 0.15) is 11.4 Å². The number of hydrogen-bond donors (Lipinski definition) is 2. The number of ether oxygens (including phenoxy) is 2. The fourth-order valence-corrected chi connectivity index (χ4v) is 5.33. The predicted octanol–water partition coefficient (Wildman–Crippen LogP) is 4.18. The van der Waals surface area contributed by atoms with Gasteiger partial charge < -0.3 is 19.4 Å². The molecule has 0 spiro atoms. The first-order valence-corrected chi connectivity index (χ1v) is 12.5. The monoisotopic (exact) mass is 478 g/mol. The number of H-pyrrole nitrogens is 1. The van der Waals surface area contributed by atoms with Crippen LogP contribution in [0.3, 0.4) is 0 Å². The van der Waals surface area contributed by atoms with Crippen LogP contribution in [-0.2, 0) is 14.8 Å². The number of benzene rings is 2. The van der Waals surface area contributed by atoms with Crippen LogP contribution in [0, 0.1) is 6.92 Å². The van der Waals surface area contributed by atoms with Crippen molar-refractivity contribution < 1.29 is 17.9 Å². The van der Waals surface area contributed by atoms with Crippen LogP contribution in [0.1, 0.15) is 5.56 Å². The molecule has 4 aromatic rings. The molecule has 0 bridgehead atoms. The number of aryl methyl sites for hydroxylation is 1. The van der Waals surface area contributed by atoms with E-state index in [0.29, 0.717) is 30.2 Å². The molecule has 2 aromatic heterocycles. The molecule has 0 radical (unpaired) electrons. The highest BCUT2D eigenvalue weighted by Crippen LogP contribution is 2.36. The third-order valence-electron chi connectivity index (χ3n) is 6.04. The van der Waals surface area contributed by atoms with E-state index in [1.165, 1.54) is 0 Å². The summed E-state index contributed by atoms with van der Waals surface area (Å²) in [7, 11) is -2.23. The van der Waals surface area contributed by atoms with Crippen LogP contribution in [0.4, 0.5) is 11.4 Å². The molecule has 34 heavy (non-hydrogen) atoms. The molecule has 0 aliphatic carbocycles. The molecule has 1 aliphatic rings. The lowest BCUT2D eigenvalue weighted by atomic mass is 10.1. The number of para-hydroxylation sites is 1. The summed E-state index contributed by atoms with van der Waals surface area (Å²) in [5, 5.41) is 0.966. The SMILES string of the molecule is COc1ccc(S(=O)(=O)Nc2ccccc2C)cc1-c1cnc2[nH]cc(N3CCOCC3)c2c1. The highest BCUT2D eigenvalue weighted by atomic mass is 32.2. The van der Waals surface area contributed by atoms with Crippen molar-refractivity contribution in [3.8, 4) is 16.9 Å². The number of pyridine rings is 1. The molecule has 0 amide bonds. The number of hydrogen-bond acceptors (Lipinski definition) is 6. The number of methoxy groups -OCH3 is 1. The quantitative estimate of drug-likeness (QED) is 0.432. The molecule has 3 heterocycles. The number of aromatic amines is 1. The molecule has 0 unspecified atom stereocenters. The van der Waals surface area contributed by atoms with E-state index in [4.69, 9.17) is 9.47 Å². The van der Waals surface area contributed by atoms with E-state index in [1.807, 2.05) is 31.3 Å². The molecule has 1 saturated heterocycles. The highest BCUT2D eigenvalue weighted by molar-refractivity contribution is 7.92. The van der Waals surface area contributed by atoms with Gasteiger partial charge in [0.15, 0.2) is 0 Å². The Balaban J connectivity index is 1.56. The van der Waals surface area contributed by atoms with E-state index < -0.39 is 10.0 Å². The number of morpholine rings is 1. The summed E-state index contributed by atoms with van der Waals surface area (Å²) >= 11 is 0. The summed E-state index contributed by atoms with van der Waals surface area (Å²) in [6.45, 7) is 4.83. The average molecular weight is 479 g/mol. The minimum atomic E-state index is -3.80. The Kier molecular flexibility index (Phi) is 5.89. The minimum Gasteiger partial charge on any atom is -0.496 e. The number of anilines is 2. The molecule has 176 valence electrons. The topological polar surface area (TPSA) is 96.6 Å². The molecule has 2 N–H and O–H groups in total. The van der Waals surface area contributed by atoms with Crippen molar-refractivity contribution in [2.24, 2.45) is 0 Å². The lowest BCUT2D eigenvalue weighted by molar-refractivity contribution is 0.123. The molecular weight excluding hydrogens is 452 g/mol. The summed E-state index contributed by atoms with van der Waals surface area (Å²) < 4.78 is 40.1. The molecule has 9 heteroatoms. The van der Waals surface area contributed by atoms with Crippen LogP contribution in [0.25, 0.3) is 22.2 Å². The van der Waals surface area contributed by atoms with Crippen molar-refractivity contribution in [1.82, 2.24) is 9.97 Å². The van der Waals surface area contributed by atoms with E-state index in [1.54, 1.807) is 43.6 Å². The molecule has 8 nitrogen and oxygen atoms in total. The normalized spacial score (nSPS) is 14.4. The largest absolute Gasteiger partial charge is 0.496 e. The molecule has 5 rings (SSSR count). The zero-order valence-electron chi connectivity index (χ0n) is 19.0. The zero-order chi connectivity index (χ0) is 23.7. The van der Waals surface area contributed by atoms with Crippen molar-refractivity contribution in [2.45, 2.75) is 11.8 Å². The highest BCUT2D eigenvalue weighted by Gasteiger charge is 2.20. The van der Waals surface area contributed by atoms with Crippen LogP contribution in [0.2, 0.25) is 0 Å². The Morgan fingerprint density at radius 1 is 1.12 bits per heavy atom. The van der Waals surface area contributed by atoms with E-state index >= 15 is 0 Å². The number of sulfonamides is 1. The lowest BCUT2D eigenvalue weighted by Gasteiger charge is -2.28. The molecule has 1 fully saturated rings. The third-order valence-corrected chi connectivity index (χ3v) is 7.41. The first-order valence-electron chi connectivity index (χ1n) is 11.0. The van der Waals surface area contributed by atoms with Gasteiger partial charge >= 0.3 is 0 Å².